The molecule has 0 spiro atoms. The van der Waals surface area contributed by atoms with Crippen LogP contribution in [0.2, 0.25) is 0 Å². The molecule has 1 aromatic carbocycles. The Morgan fingerprint density at radius 3 is 2.67 bits per heavy atom. The molecule has 1 aromatic heterocycles. The predicted octanol–water partition coefficient (Wildman–Crippen LogP) is 4.66. The number of carbonyl (C=O) groups excluding carboxylic acids is 1. The van der Waals surface area contributed by atoms with Gasteiger partial charge in [-0.25, -0.2) is 4.98 Å². The summed E-state index contributed by atoms with van der Waals surface area (Å²) in [6.07, 6.45) is 4.28. The average Bonchev–Trinajstić information content (AvgIpc) is 3.12. The highest BCUT2D eigenvalue weighted by Crippen LogP contribution is 2.23. The minimum atomic E-state index is 0. The van der Waals surface area contributed by atoms with Gasteiger partial charge in [-0.05, 0) is 75.0 Å². The molecule has 2 aromatic rings. The molecule has 2 N–H and O–H groups in total. The first-order valence-corrected chi connectivity index (χ1v) is 8.82. The number of rotatable bonds is 6. The highest BCUT2D eigenvalue weighted by Gasteiger charge is 2.15. The number of nitrogens with zero attached hydrogens (tertiary/aromatic N) is 1. The van der Waals surface area contributed by atoms with Crippen molar-refractivity contribution in [3.63, 3.8) is 0 Å². The van der Waals surface area contributed by atoms with Gasteiger partial charge in [-0.3, -0.25) is 4.79 Å². The third-order valence-electron chi connectivity index (χ3n) is 4.66. The number of carbonyl (C=O) groups is 1. The maximum atomic E-state index is 12.0. The van der Waals surface area contributed by atoms with E-state index in [1.54, 1.807) is 12.3 Å². The van der Waals surface area contributed by atoms with E-state index in [4.69, 9.17) is 4.74 Å². The van der Waals surface area contributed by atoms with Crippen molar-refractivity contribution >= 4 is 36.4 Å². The van der Waals surface area contributed by atoms with Crippen molar-refractivity contribution in [2.24, 2.45) is 5.92 Å². The van der Waals surface area contributed by atoms with Crippen molar-refractivity contribution in [1.82, 2.24) is 10.3 Å². The lowest BCUT2D eigenvalue weighted by molar-refractivity contribution is -0.116. The summed E-state index contributed by atoms with van der Waals surface area (Å²) in [5, 5.41) is 6.22. The summed E-state index contributed by atoms with van der Waals surface area (Å²) < 4.78 is 5.76. The van der Waals surface area contributed by atoms with Gasteiger partial charge < -0.3 is 15.4 Å². The number of benzene rings is 1. The fourth-order valence-electron chi connectivity index (χ4n) is 2.93. The maximum Gasteiger partial charge on any atom is 0.224 e. The summed E-state index contributed by atoms with van der Waals surface area (Å²) in [7, 11) is 0. The first-order chi connectivity index (χ1) is 12.1. The molecule has 3 rings (SSSR count). The zero-order valence-corrected chi connectivity index (χ0v) is 17.3. The zero-order chi connectivity index (χ0) is 17.6. The Hall–Kier alpha value is -1.82. The van der Waals surface area contributed by atoms with Gasteiger partial charge in [-0.1, -0.05) is 6.07 Å². The van der Waals surface area contributed by atoms with Crippen molar-refractivity contribution in [2.75, 3.05) is 18.4 Å². The van der Waals surface area contributed by atoms with Gasteiger partial charge in [0.25, 0.3) is 0 Å². The highest BCUT2D eigenvalue weighted by molar-refractivity contribution is 5.90. The Bertz CT molecular complexity index is 733. The number of aromatic nitrogens is 1. The van der Waals surface area contributed by atoms with E-state index in [9.17, 15) is 4.79 Å². The second kappa shape index (κ2) is 11.1. The lowest BCUT2D eigenvalue weighted by Crippen LogP contribution is -2.15. The molecule has 0 bridgehead atoms. The van der Waals surface area contributed by atoms with Crippen molar-refractivity contribution in [2.45, 2.75) is 33.1 Å². The molecule has 1 aliphatic heterocycles. The molecular formula is C20H27Cl2N3O2. The standard InChI is InChI=1S/C20H25N3O2.2ClH/c1-14-3-6-18(11-15(14)2)25-20-8-5-17(13-22-20)23-19(24)7-4-16-9-10-21-12-16;;/h3,5-6,8,11,13,16,21H,4,7,9-10,12H2,1-2H3,(H,23,24);2*1H. The Balaban J connectivity index is 0.00000182. The summed E-state index contributed by atoms with van der Waals surface area (Å²) >= 11 is 0. The quantitative estimate of drug-likeness (QED) is 0.724. The lowest BCUT2D eigenvalue weighted by atomic mass is 10.0. The van der Waals surface area contributed by atoms with E-state index in [-0.39, 0.29) is 30.7 Å². The number of pyridine rings is 1. The summed E-state index contributed by atoms with van der Waals surface area (Å²) in [5.41, 5.74) is 3.10. The third-order valence-corrected chi connectivity index (χ3v) is 4.66. The van der Waals surface area contributed by atoms with Crippen LogP contribution in [0.5, 0.6) is 11.6 Å². The molecule has 1 saturated heterocycles. The second-order valence-corrected chi connectivity index (χ2v) is 6.68. The van der Waals surface area contributed by atoms with Crippen LogP contribution in [-0.2, 0) is 4.79 Å². The zero-order valence-electron chi connectivity index (χ0n) is 15.7. The van der Waals surface area contributed by atoms with Gasteiger partial charge in [0.05, 0.1) is 11.9 Å². The van der Waals surface area contributed by atoms with E-state index >= 15 is 0 Å². The van der Waals surface area contributed by atoms with Gasteiger partial charge in [0.1, 0.15) is 5.75 Å². The molecule has 1 atom stereocenters. The average molecular weight is 412 g/mol. The summed E-state index contributed by atoms with van der Waals surface area (Å²) in [6, 6.07) is 9.53. The van der Waals surface area contributed by atoms with E-state index in [2.05, 4.69) is 29.5 Å². The third kappa shape index (κ3) is 7.01. The van der Waals surface area contributed by atoms with Crippen molar-refractivity contribution < 1.29 is 9.53 Å². The fraction of sp³-hybridized carbons (Fsp3) is 0.400. The van der Waals surface area contributed by atoms with Crippen LogP contribution in [0.25, 0.3) is 0 Å². The first-order valence-electron chi connectivity index (χ1n) is 8.82. The molecule has 1 amide bonds. The lowest BCUT2D eigenvalue weighted by Gasteiger charge is -2.10. The van der Waals surface area contributed by atoms with Crippen LogP contribution in [0.1, 0.15) is 30.4 Å². The Morgan fingerprint density at radius 2 is 2.04 bits per heavy atom. The van der Waals surface area contributed by atoms with Gasteiger partial charge in [0, 0.05) is 12.5 Å². The van der Waals surface area contributed by atoms with Crippen LogP contribution in [0.3, 0.4) is 0 Å². The Labute approximate surface area is 173 Å². The number of aryl methyl sites for hydroxylation is 2. The van der Waals surface area contributed by atoms with Crippen LogP contribution in [0.4, 0.5) is 5.69 Å². The van der Waals surface area contributed by atoms with Crippen molar-refractivity contribution in [3.8, 4) is 11.6 Å². The minimum absolute atomic E-state index is 0. The number of hydrogen-bond acceptors (Lipinski definition) is 4. The van der Waals surface area contributed by atoms with Crippen LogP contribution >= 0.6 is 24.8 Å². The number of anilines is 1. The van der Waals surface area contributed by atoms with Crippen LogP contribution in [0.15, 0.2) is 36.5 Å². The maximum absolute atomic E-state index is 12.0. The van der Waals surface area contributed by atoms with E-state index in [1.807, 2.05) is 24.3 Å². The summed E-state index contributed by atoms with van der Waals surface area (Å²) in [6.45, 7) is 6.21. The predicted molar refractivity (Wildman–Crippen MR) is 114 cm³/mol. The van der Waals surface area contributed by atoms with Gasteiger partial charge in [0.2, 0.25) is 11.8 Å². The monoisotopic (exact) mass is 411 g/mol. The SMILES string of the molecule is Cc1ccc(Oc2ccc(NC(=O)CCC3CCNC3)cn2)cc1C.Cl.Cl. The van der Waals surface area contributed by atoms with Crippen LogP contribution in [-0.4, -0.2) is 24.0 Å². The van der Waals surface area contributed by atoms with E-state index in [0.29, 0.717) is 23.9 Å². The molecule has 7 heteroatoms. The molecule has 5 nitrogen and oxygen atoms in total. The number of halogens is 2. The Kier molecular flexibility index (Phi) is 9.56. The molecule has 2 heterocycles. The highest BCUT2D eigenvalue weighted by atomic mass is 35.5. The smallest absolute Gasteiger partial charge is 0.224 e. The fourth-order valence-corrected chi connectivity index (χ4v) is 2.93. The second-order valence-electron chi connectivity index (χ2n) is 6.68. The minimum Gasteiger partial charge on any atom is -0.439 e. The number of hydrogen-bond donors (Lipinski definition) is 2. The summed E-state index contributed by atoms with van der Waals surface area (Å²) in [4.78, 5) is 16.3. The van der Waals surface area contributed by atoms with E-state index < -0.39 is 0 Å². The van der Waals surface area contributed by atoms with Crippen molar-refractivity contribution in [3.05, 3.63) is 47.7 Å². The molecule has 148 valence electrons. The topological polar surface area (TPSA) is 63.2 Å². The van der Waals surface area contributed by atoms with Gasteiger partial charge in [0.15, 0.2) is 0 Å². The van der Waals surface area contributed by atoms with Crippen LogP contribution < -0.4 is 15.4 Å². The molecule has 1 fully saturated rings. The molecule has 0 radical (unpaired) electrons. The molecule has 0 saturated carbocycles. The number of ether oxygens (including phenoxy) is 1. The van der Waals surface area contributed by atoms with E-state index in [1.165, 1.54) is 17.5 Å². The normalized spacial score (nSPS) is 15.4. The molecular weight excluding hydrogens is 385 g/mol. The van der Waals surface area contributed by atoms with Gasteiger partial charge in [-0.15, -0.1) is 24.8 Å². The Morgan fingerprint density at radius 1 is 1.22 bits per heavy atom. The molecule has 0 aliphatic carbocycles. The molecule has 27 heavy (non-hydrogen) atoms. The van der Waals surface area contributed by atoms with Gasteiger partial charge >= 0.3 is 0 Å². The first kappa shape index (κ1) is 23.2. The number of nitrogens with one attached hydrogen (secondary N) is 2. The van der Waals surface area contributed by atoms with Crippen molar-refractivity contribution in [1.29, 1.82) is 0 Å². The largest absolute Gasteiger partial charge is 0.439 e. The molecule has 1 aliphatic rings. The number of amides is 1. The van der Waals surface area contributed by atoms with Gasteiger partial charge in [-0.2, -0.15) is 0 Å². The van der Waals surface area contributed by atoms with E-state index in [0.717, 1.165) is 25.3 Å². The molecule has 1 unspecified atom stereocenters. The summed E-state index contributed by atoms with van der Waals surface area (Å²) in [5.74, 6) is 1.94. The van der Waals surface area contributed by atoms with Crippen LogP contribution in [0, 0.1) is 19.8 Å².